The number of rotatable bonds is 7. The van der Waals surface area contributed by atoms with Gasteiger partial charge in [-0.15, -0.1) is 0 Å². The predicted octanol–water partition coefficient (Wildman–Crippen LogP) is 4.78. The van der Waals surface area contributed by atoms with Crippen molar-refractivity contribution in [2.45, 2.75) is 90.7 Å². The molecule has 2 fully saturated rings. The van der Waals surface area contributed by atoms with Crippen LogP contribution in [-0.4, -0.2) is 25.3 Å². The Kier molecular flexibility index (Phi) is 7.53. The lowest BCUT2D eigenvalue weighted by molar-refractivity contribution is -0.0165. The van der Waals surface area contributed by atoms with E-state index in [1.807, 2.05) is 0 Å². The molecule has 2 nitrogen and oxygen atoms in total. The topological polar surface area (TPSA) is 21.3 Å². The molecule has 2 aliphatic rings. The summed E-state index contributed by atoms with van der Waals surface area (Å²) in [5, 5.41) is 3.77. The second kappa shape index (κ2) is 9.15. The Morgan fingerprint density at radius 2 is 1.76 bits per heavy atom. The first-order valence-corrected chi connectivity index (χ1v) is 9.55. The average Bonchev–Trinajstić information content (AvgIpc) is 2.51. The zero-order chi connectivity index (χ0) is 15.1. The average molecular weight is 296 g/mol. The monoisotopic (exact) mass is 295 g/mol. The van der Waals surface area contributed by atoms with Crippen molar-refractivity contribution in [2.24, 2.45) is 17.8 Å². The second-order valence-corrected chi connectivity index (χ2v) is 7.68. The summed E-state index contributed by atoms with van der Waals surface area (Å²) < 4.78 is 6.35. The maximum absolute atomic E-state index is 6.35. The number of hydrogen-bond donors (Lipinski definition) is 1. The third kappa shape index (κ3) is 5.56. The van der Waals surface area contributed by atoms with Crippen LogP contribution in [0.5, 0.6) is 0 Å². The minimum atomic E-state index is 0.519. The van der Waals surface area contributed by atoms with Gasteiger partial charge in [0.1, 0.15) is 0 Å². The van der Waals surface area contributed by atoms with Crippen molar-refractivity contribution in [3.63, 3.8) is 0 Å². The van der Waals surface area contributed by atoms with Gasteiger partial charge in [-0.3, -0.25) is 0 Å². The van der Waals surface area contributed by atoms with Crippen molar-refractivity contribution in [3.8, 4) is 0 Å². The first kappa shape index (κ1) is 17.3. The maximum Gasteiger partial charge on any atom is 0.0626 e. The summed E-state index contributed by atoms with van der Waals surface area (Å²) in [6, 6.07) is 0.597. The molecule has 0 heterocycles. The summed E-state index contributed by atoms with van der Waals surface area (Å²) in [6.07, 6.45) is 12.7. The Morgan fingerprint density at radius 3 is 2.43 bits per heavy atom. The van der Waals surface area contributed by atoms with Crippen LogP contribution in [0, 0.1) is 17.8 Å². The van der Waals surface area contributed by atoms with Crippen LogP contribution in [0.3, 0.4) is 0 Å². The van der Waals surface area contributed by atoms with Gasteiger partial charge in [-0.2, -0.15) is 0 Å². The summed E-state index contributed by atoms with van der Waals surface area (Å²) in [7, 11) is 0. The molecule has 124 valence electrons. The van der Waals surface area contributed by atoms with Gasteiger partial charge in [-0.25, -0.2) is 0 Å². The SMILES string of the molecule is CCCNC(COC1CCC(C)C(C)C1)C1CCCCC1. The van der Waals surface area contributed by atoms with Gasteiger partial charge in [-0.1, -0.05) is 40.0 Å². The molecule has 0 aliphatic heterocycles. The Hall–Kier alpha value is -0.0800. The van der Waals surface area contributed by atoms with Gasteiger partial charge in [0.05, 0.1) is 12.7 Å². The summed E-state index contributed by atoms with van der Waals surface area (Å²) >= 11 is 0. The molecular formula is C19H37NO. The van der Waals surface area contributed by atoms with Crippen LogP contribution in [0.25, 0.3) is 0 Å². The first-order valence-electron chi connectivity index (χ1n) is 9.55. The zero-order valence-electron chi connectivity index (χ0n) is 14.6. The molecule has 0 aromatic carbocycles. The Bertz CT molecular complexity index is 275. The highest BCUT2D eigenvalue weighted by molar-refractivity contribution is 4.81. The van der Waals surface area contributed by atoms with Crippen LogP contribution in [0.2, 0.25) is 0 Å². The molecular weight excluding hydrogens is 258 g/mol. The molecule has 4 atom stereocenters. The number of hydrogen-bond acceptors (Lipinski definition) is 2. The van der Waals surface area contributed by atoms with Crippen molar-refractivity contribution in [1.29, 1.82) is 0 Å². The molecule has 0 saturated heterocycles. The van der Waals surface area contributed by atoms with Crippen molar-refractivity contribution in [1.82, 2.24) is 5.32 Å². The molecule has 4 unspecified atom stereocenters. The summed E-state index contributed by atoms with van der Waals surface area (Å²) in [6.45, 7) is 9.14. The van der Waals surface area contributed by atoms with Crippen molar-refractivity contribution < 1.29 is 4.74 Å². The van der Waals surface area contributed by atoms with Gasteiger partial charge in [0.15, 0.2) is 0 Å². The van der Waals surface area contributed by atoms with E-state index < -0.39 is 0 Å². The number of ether oxygens (including phenoxy) is 1. The fourth-order valence-electron chi connectivity index (χ4n) is 4.12. The standard InChI is InChI=1S/C19H37NO/c1-4-12-20-19(17-8-6-5-7-9-17)14-21-18-11-10-15(2)16(3)13-18/h15-20H,4-14H2,1-3H3. The smallest absolute Gasteiger partial charge is 0.0626 e. The quantitative estimate of drug-likeness (QED) is 0.730. The summed E-state index contributed by atoms with van der Waals surface area (Å²) in [5.41, 5.74) is 0. The van der Waals surface area contributed by atoms with Gasteiger partial charge >= 0.3 is 0 Å². The molecule has 0 amide bonds. The van der Waals surface area contributed by atoms with Crippen molar-refractivity contribution in [3.05, 3.63) is 0 Å². The molecule has 0 radical (unpaired) electrons. The minimum absolute atomic E-state index is 0.519. The Labute approximate surface area is 132 Å². The molecule has 0 bridgehead atoms. The normalized spacial score (nSPS) is 33.0. The first-order chi connectivity index (χ1) is 10.2. The van der Waals surface area contributed by atoms with Gasteiger partial charge < -0.3 is 10.1 Å². The van der Waals surface area contributed by atoms with Gasteiger partial charge in [0.25, 0.3) is 0 Å². The minimum Gasteiger partial charge on any atom is -0.377 e. The fourth-order valence-corrected chi connectivity index (χ4v) is 4.12. The lowest BCUT2D eigenvalue weighted by Gasteiger charge is -2.35. The molecule has 2 rings (SSSR count). The van der Waals surface area contributed by atoms with Crippen LogP contribution in [0.15, 0.2) is 0 Å². The van der Waals surface area contributed by atoms with E-state index in [0.29, 0.717) is 12.1 Å². The van der Waals surface area contributed by atoms with Crippen molar-refractivity contribution >= 4 is 0 Å². The highest BCUT2D eigenvalue weighted by Gasteiger charge is 2.28. The van der Waals surface area contributed by atoms with E-state index in [2.05, 4.69) is 26.1 Å². The van der Waals surface area contributed by atoms with Crippen LogP contribution in [0.4, 0.5) is 0 Å². The van der Waals surface area contributed by atoms with Gasteiger partial charge in [0, 0.05) is 6.04 Å². The van der Waals surface area contributed by atoms with Crippen LogP contribution in [-0.2, 0) is 4.74 Å². The summed E-state index contributed by atoms with van der Waals surface area (Å²) in [4.78, 5) is 0. The molecule has 2 heteroatoms. The largest absolute Gasteiger partial charge is 0.377 e. The third-order valence-electron chi connectivity index (χ3n) is 5.94. The molecule has 2 saturated carbocycles. The molecule has 0 aromatic heterocycles. The highest BCUT2D eigenvalue weighted by Crippen LogP contribution is 2.32. The van der Waals surface area contributed by atoms with E-state index in [-0.39, 0.29) is 0 Å². The third-order valence-corrected chi connectivity index (χ3v) is 5.94. The van der Waals surface area contributed by atoms with Gasteiger partial charge in [0.2, 0.25) is 0 Å². The molecule has 2 aliphatic carbocycles. The molecule has 0 aromatic rings. The molecule has 0 spiro atoms. The van der Waals surface area contributed by atoms with E-state index in [1.54, 1.807) is 0 Å². The van der Waals surface area contributed by atoms with Crippen LogP contribution in [0.1, 0.15) is 78.6 Å². The van der Waals surface area contributed by atoms with Gasteiger partial charge in [-0.05, 0) is 62.8 Å². The maximum atomic E-state index is 6.35. The van der Waals surface area contributed by atoms with E-state index in [4.69, 9.17) is 4.74 Å². The van der Waals surface area contributed by atoms with E-state index in [1.165, 1.54) is 57.8 Å². The van der Waals surface area contributed by atoms with Crippen LogP contribution < -0.4 is 5.32 Å². The van der Waals surface area contributed by atoms with E-state index >= 15 is 0 Å². The predicted molar refractivity (Wildman–Crippen MR) is 90.6 cm³/mol. The Balaban J connectivity index is 1.77. The highest BCUT2D eigenvalue weighted by atomic mass is 16.5. The second-order valence-electron chi connectivity index (χ2n) is 7.68. The lowest BCUT2D eigenvalue weighted by atomic mass is 9.80. The van der Waals surface area contributed by atoms with E-state index in [9.17, 15) is 0 Å². The summed E-state index contributed by atoms with van der Waals surface area (Å²) in [5.74, 6) is 2.57. The Morgan fingerprint density at radius 1 is 1.00 bits per heavy atom. The van der Waals surface area contributed by atoms with E-state index in [0.717, 1.165) is 30.9 Å². The fraction of sp³-hybridized carbons (Fsp3) is 1.00. The molecule has 1 N–H and O–H groups in total. The zero-order valence-corrected chi connectivity index (χ0v) is 14.6. The number of nitrogens with one attached hydrogen (secondary N) is 1. The molecule has 21 heavy (non-hydrogen) atoms. The van der Waals surface area contributed by atoms with Crippen molar-refractivity contribution in [2.75, 3.05) is 13.2 Å². The van der Waals surface area contributed by atoms with Crippen LogP contribution >= 0.6 is 0 Å². The lowest BCUT2D eigenvalue weighted by Crippen LogP contribution is -2.42.